The zero-order valence-electron chi connectivity index (χ0n) is 43.9. The summed E-state index contributed by atoms with van der Waals surface area (Å²) < 4.78 is 3.34. The molecule has 0 nitrogen and oxygen atoms in total. The van der Waals surface area contributed by atoms with Crippen molar-refractivity contribution in [1.82, 2.24) is 0 Å². The molecule has 0 saturated carbocycles. The fraction of sp³-hybridized carbons (Fsp3) is 0.476. The Bertz CT molecular complexity index is 2210. The van der Waals surface area contributed by atoms with Crippen molar-refractivity contribution in [3.8, 4) is 11.1 Å². The van der Waals surface area contributed by atoms with Crippen LogP contribution in [0.3, 0.4) is 0 Å². The summed E-state index contributed by atoms with van der Waals surface area (Å²) in [5, 5.41) is 0. The molecule has 0 saturated heterocycles. The molecule has 0 amide bonds. The van der Waals surface area contributed by atoms with Crippen molar-refractivity contribution in [2.75, 3.05) is 0 Å². The molecule has 64 heavy (non-hydrogen) atoms. The zero-order valence-corrected chi connectivity index (χ0v) is 46.3. The van der Waals surface area contributed by atoms with Crippen molar-refractivity contribution in [3.05, 3.63) is 165 Å². The third-order valence-electron chi connectivity index (χ3n) is 12.9. The molecule has 0 fully saturated rings. The van der Waals surface area contributed by atoms with Crippen LogP contribution < -0.4 is 0 Å². The molecule has 1 atom stereocenters. The van der Waals surface area contributed by atoms with Crippen LogP contribution in [0.1, 0.15) is 189 Å². The van der Waals surface area contributed by atoms with Gasteiger partial charge in [0.05, 0.1) is 0 Å². The molecule has 4 aliphatic carbocycles. The van der Waals surface area contributed by atoms with Crippen LogP contribution in [0.5, 0.6) is 0 Å². The molecule has 4 aromatic carbocycles. The number of fused-ring (bicyclic) bond motifs is 5. The minimum absolute atomic E-state index is 0.0202. The van der Waals surface area contributed by atoms with Gasteiger partial charge in [-0.25, -0.2) is 11.6 Å². The topological polar surface area (TPSA) is 0 Å². The second-order valence-corrected chi connectivity index (χ2v) is 24.5. The molecular formula is C63H82Zr-4. The van der Waals surface area contributed by atoms with Crippen LogP contribution in [0.4, 0.5) is 0 Å². The van der Waals surface area contributed by atoms with Crippen LogP contribution in [-0.2, 0) is 52.3 Å². The second kappa shape index (κ2) is 19.8. The van der Waals surface area contributed by atoms with E-state index in [4.69, 9.17) is 0 Å². The van der Waals surface area contributed by atoms with E-state index < -0.39 is 0 Å². The first-order chi connectivity index (χ1) is 29.3. The van der Waals surface area contributed by atoms with E-state index in [1.54, 1.807) is 0 Å². The van der Waals surface area contributed by atoms with Gasteiger partial charge in [0, 0.05) is 5.41 Å². The Morgan fingerprint density at radius 2 is 1.03 bits per heavy atom. The first-order valence-electron chi connectivity index (χ1n) is 23.7. The van der Waals surface area contributed by atoms with Crippen molar-refractivity contribution >= 4 is 15.4 Å². The van der Waals surface area contributed by atoms with Crippen molar-refractivity contribution in [2.24, 2.45) is 22.2 Å². The second-order valence-electron chi connectivity index (χ2n) is 24.5. The molecule has 0 radical (unpaired) electrons. The quantitative estimate of drug-likeness (QED) is 0.147. The molecule has 342 valence electrons. The van der Waals surface area contributed by atoms with Crippen molar-refractivity contribution in [2.45, 2.75) is 173 Å². The Hall–Kier alpha value is -3.41. The van der Waals surface area contributed by atoms with Gasteiger partial charge in [-0.1, -0.05) is 180 Å². The van der Waals surface area contributed by atoms with Gasteiger partial charge in [0.1, 0.15) is 0 Å². The molecule has 8 rings (SSSR count). The van der Waals surface area contributed by atoms with Gasteiger partial charge in [-0.3, -0.25) is 12.2 Å². The third kappa shape index (κ3) is 12.7. The average Bonchev–Trinajstić information content (AvgIpc) is 3.96. The Balaban J connectivity index is 0.000000222. The SMILES string of the molecule is CC(C)(C)C1=[C-]C(C)(C)c2cc3c(cc21)-c1cc2c(cc1C3)C(C)(C)C=C2C(C)(C)C.CC(C)(C)c1cc[c-]cc1.CC(C)(C)c1cc[c-]cc1.CCC1[C-]=CC(C(C)(C)C)=C1.[CH2]=[Zr]. The number of hydrogen-bond donors (Lipinski definition) is 0. The summed E-state index contributed by atoms with van der Waals surface area (Å²) in [6, 6.07) is 32.3. The van der Waals surface area contributed by atoms with Crippen molar-refractivity contribution in [3.63, 3.8) is 0 Å². The predicted octanol–water partition coefficient (Wildman–Crippen LogP) is 17.4. The first kappa shape index (κ1) is 53.2. The standard InChI is InChI=1S/C31H37.C11H17.2C10H13.CH2.Zr/c1-28(2,3)26-16-30(7,8)24-12-18-11-19-13-25-23(15-21(19)20(18)14-22(24)26)27(29(4,5)6)17-31(25,9)10;1-5-9-6-7-10(8-9)11(2,3)4;2*1-10(2,3)9-7-5-4-6-8-9;;/h12-16H,11H2,1-10H3;7-9H,5H2,1-4H3;2*5-8H,1-3H3;1H2;/q4*-1;;. The molecule has 0 spiro atoms. The number of rotatable bonds is 1. The molecule has 0 aliphatic heterocycles. The first-order valence-corrected chi connectivity index (χ1v) is 25.4. The monoisotopic (exact) mass is 929 g/mol. The minimum atomic E-state index is -0.0202. The van der Waals surface area contributed by atoms with E-state index in [1.165, 1.54) is 103 Å². The molecule has 1 heteroatoms. The van der Waals surface area contributed by atoms with E-state index in [2.05, 4.69) is 234 Å². The molecule has 4 aliphatic rings. The van der Waals surface area contributed by atoms with Gasteiger partial charge in [0.15, 0.2) is 0 Å². The summed E-state index contributed by atoms with van der Waals surface area (Å²) in [7, 11) is 0. The predicted molar refractivity (Wildman–Crippen MR) is 278 cm³/mol. The fourth-order valence-corrected chi connectivity index (χ4v) is 8.93. The molecule has 4 aromatic rings. The molecule has 0 N–H and O–H groups in total. The maximum atomic E-state index is 3.85. The molecular weight excluding hydrogens is 848 g/mol. The number of allylic oxidation sites excluding steroid dienone is 8. The number of hydrogen-bond acceptors (Lipinski definition) is 0. The Morgan fingerprint density at radius 3 is 1.39 bits per heavy atom. The van der Waals surface area contributed by atoms with Crippen LogP contribution in [0.2, 0.25) is 0 Å². The molecule has 0 bridgehead atoms. The van der Waals surface area contributed by atoms with Crippen LogP contribution in [0.25, 0.3) is 22.3 Å². The van der Waals surface area contributed by atoms with Gasteiger partial charge < -0.3 is 0 Å². The van der Waals surface area contributed by atoms with Gasteiger partial charge in [0.2, 0.25) is 0 Å². The summed E-state index contributed by atoms with van der Waals surface area (Å²) in [5.74, 6) is 0.573. The van der Waals surface area contributed by atoms with Crippen LogP contribution in [0, 0.1) is 46.4 Å². The zero-order chi connectivity index (χ0) is 48.4. The average molecular weight is 931 g/mol. The van der Waals surface area contributed by atoms with E-state index in [0.29, 0.717) is 11.3 Å². The molecule has 1 unspecified atom stereocenters. The third-order valence-corrected chi connectivity index (χ3v) is 12.9. The number of benzene rings is 4. The Morgan fingerprint density at radius 1 is 0.578 bits per heavy atom. The van der Waals surface area contributed by atoms with E-state index in [-0.39, 0.29) is 32.5 Å². The fourth-order valence-electron chi connectivity index (χ4n) is 8.93. The summed E-state index contributed by atoms with van der Waals surface area (Å²) in [5.41, 5.74) is 19.9. The Kier molecular flexibility index (Phi) is 16.5. The molecule has 0 aromatic heterocycles. The summed E-state index contributed by atoms with van der Waals surface area (Å²) in [6.45, 7) is 45.5. The van der Waals surface area contributed by atoms with E-state index in [1.807, 2.05) is 24.3 Å². The van der Waals surface area contributed by atoms with Crippen LogP contribution >= 0.6 is 0 Å². The Labute approximate surface area is 408 Å². The maximum absolute atomic E-state index is 3.85. The van der Waals surface area contributed by atoms with Crippen LogP contribution in [-0.4, -0.2) is 4.21 Å². The van der Waals surface area contributed by atoms with Gasteiger partial charge >= 0.3 is 28.4 Å². The summed E-state index contributed by atoms with van der Waals surface area (Å²) in [4.78, 5) is 0. The normalized spacial score (nSPS) is 17.5. The van der Waals surface area contributed by atoms with Crippen LogP contribution in [0.15, 0.2) is 96.6 Å². The van der Waals surface area contributed by atoms with Crippen molar-refractivity contribution in [1.29, 1.82) is 0 Å². The van der Waals surface area contributed by atoms with Gasteiger partial charge in [-0.2, -0.15) is 89.0 Å². The summed E-state index contributed by atoms with van der Waals surface area (Å²) >= 11 is 1.30. The van der Waals surface area contributed by atoms with Gasteiger partial charge in [-0.05, 0) is 73.1 Å². The van der Waals surface area contributed by atoms with E-state index in [0.717, 1.165) is 6.42 Å². The summed E-state index contributed by atoms with van der Waals surface area (Å²) in [6.07, 6.45) is 16.4. The van der Waals surface area contributed by atoms with Gasteiger partial charge in [-0.15, -0.1) is 11.6 Å². The van der Waals surface area contributed by atoms with E-state index >= 15 is 0 Å². The molecule has 0 heterocycles. The van der Waals surface area contributed by atoms with E-state index in [9.17, 15) is 0 Å². The van der Waals surface area contributed by atoms with Gasteiger partial charge in [0.25, 0.3) is 0 Å². The van der Waals surface area contributed by atoms with Crippen molar-refractivity contribution < 1.29 is 24.2 Å².